The lowest BCUT2D eigenvalue weighted by molar-refractivity contribution is -0.116. The molecule has 20 heavy (non-hydrogen) atoms. The molecular formula is C14H14ClN3O2. The van der Waals surface area contributed by atoms with Crippen molar-refractivity contribution in [1.29, 1.82) is 0 Å². The Bertz CT molecular complexity index is 710. The lowest BCUT2D eigenvalue weighted by atomic mass is 10.2. The maximum Gasteiger partial charge on any atom is 0.253 e. The quantitative estimate of drug-likeness (QED) is 0.942. The molecule has 5 nitrogen and oxygen atoms in total. The largest absolute Gasteiger partial charge is 0.324 e. The summed E-state index contributed by atoms with van der Waals surface area (Å²) in [6, 6.07) is 6.63. The maximum atomic E-state index is 11.9. The van der Waals surface area contributed by atoms with Crippen molar-refractivity contribution in [2.45, 2.75) is 20.4 Å². The molecular weight excluding hydrogens is 278 g/mol. The second kappa shape index (κ2) is 5.88. The van der Waals surface area contributed by atoms with E-state index in [0.29, 0.717) is 16.4 Å². The summed E-state index contributed by atoms with van der Waals surface area (Å²) < 4.78 is 1.25. The van der Waals surface area contributed by atoms with E-state index in [1.54, 1.807) is 19.1 Å². The second-order valence-electron chi connectivity index (χ2n) is 4.51. The first-order valence-electron chi connectivity index (χ1n) is 6.05. The van der Waals surface area contributed by atoms with Crippen LogP contribution in [0.25, 0.3) is 0 Å². The standard InChI is InChI=1S/C14H14ClN3O2/c1-9-3-4-11(6-12(9)15)17-13(19)7-18-8-16-10(2)5-14(18)20/h3-6,8H,7H2,1-2H3,(H,17,19). The number of amides is 1. The summed E-state index contributed by atoms with van der Waals surface area (Å²) in [6.45, 7) is 3.52. The van der Waals surface area contributed by atoms with Gasteiger partial charge in [-0.1, -0.05) is 17.7 Å². The van der Waals surface area contributed by atoms with Crippen LogP contribution in [0.15, 0.2) is 35.4 Å². The topological polar surface area (TPSA) is 64.0 Å². The van der Waals surface area contributed by atoms with Crippen LogP contribution in [0.2, 0.25) is 5.02 Å². The van der Waals surface area contributed by atoms with E-state index in [1.165, 1.54) is 17.0 Å². The van der Waals surface area contributed by atoms with Crippen molar-refractivity contribution in [3.05, 3.63) is 57.2 Å². The zero-order chi connectivity index (χ0) is 14.7. The third-order valence-electron chi connectivity index (χ3n) is 2.79. The van der Waals surface area contributed by atoms with E-state index in [-0.39, 0.29) is 18.0 Å². The Balaban J connectivity index is 2.09. The summed E-state index contributed by atoms with van der Waals surface area (Å²) in [5.74, 6) is -0.308. The molecule has 0 saturated carbocycles. The van der Waals surface area contributed by atoms with Crippen molar-refractivity contribution in [3.63, 3.8) is 0 Å². The third kappa shape index (κ3) is 3.45. The van der Waals surface area contributed by atoms with E-state index in [1.807, 2.05) is 13.0 Å². The lowest BCUT2D eigenvalue weighted by Gasteiger charge is -2.08. The summed E-state index contributed by atoms with van der Waals surface area (Å²) in [4.78, 5) is 27.5. The van der Waals surface area contributed by atoms with Crippen molar-refractivity contribution in [1.82, 2.24) is 9.55 Å². The molecule has 0 fully saturated rings. The summed E-state index contributed by atoms with van der Waals surface area (Å²) in [5.41, 5.74) is 1.90. The predicted octanol–water partition coefficient (Wildman–Crippen LogP) is 2.15. The fourth-order valence-electron chi connectivity index (χ4n) is 1.66. The number of hydrogen-bond acceptors (Lipinski definition) is 3. The van der Waals surface area contributed by atoms with Gasteiger partial charge in [0.2, 0.25) is 5.91 Å². The average Bonchev–Trinajstić information content (AvgIpc) is 2.37. The molecule has 2 rings (SSSR count). The van der Waals surface area contributed by atoms with Crippen LogP contribution in [0.3, 0.4) is 0 Å². The average molecular weight is 292 g/mol. The first-order valence-corrected chi connectivity index (χ1v) is 6.42. The molecule has 0 bridgehead atoms. The molecule has 1 aromatic carbocycles. The van der Waals surface area contributed by atoms with Crippen molar-refractivity contribution < 1.29 is 4.79 Å². The molecule has 104 valence electrons. The molecule has 1 aromatic heterocycles. The number of benzene rings is 1. The number of aromatic nitrogens is 2. The Morgan fingerprint density at radius 2 is 2.10 bits per heavy atom. The van der Waals surface area contributed by atoms with Crippen LogP contribution in [0, 0.1) is 13.8 Å². The Hall–Kier alpha value is -2.14. The van der Waals surface area contributed by atoms with Crippen LogP contribution in [0.1, 0.15) is 11.3 Å². The fourth-order valence-corrected chi connectivity index (χ4v) is 1.84. The van der Waals surface area contributed by atoms with Gasteiger partial charge in [-0.25, -0.2) is 4.98 Å². The molecule has 0 atom stereocenters. The van der Waals surface area contributed by atoms with Crippen LogP contribution in [0.4, 0.5) is 5.69 Å². The molecule has 0 aliphatic rings. The summed E-state index contributed by atoms with van der Waals surface area (Å²) in [6.07, 6.45) is 1.36. The van der Waals surface area contributed by atoms with Crippen LogP contribution in [0.5, 0.6) is 0 Å². The third-order valence-corrected chi connectivity index (χ3v) is 3.19. The maximum absolute atomic E-state index is 11.9. The minimum atomic E-state index is -0.308. The van der Waals surface area contributed by atoms with Crippen molar-refractivity contribution in [3.8, 4) is 0 Å². The highest BCUT2D eigenvalue weighted by molar-refractivity contribution is 6.31. The fraction of sp³-hybridized carbons (Fsp3) is 0.214. The number of nitrogens with zero attached hydrogens (tertiary/aromatic N) is 2. The van der Waals surface area contributed by atoms with Crippen LogP contribution >= 0.6 is 11.6 Å². The predicted molar refractivity (Wildman–Crippen MR) is 78.1 cm³/mol. The normalized spacial score (nSPS) is 10.3. The molecule has 0 radical (unpaired) electrons. The minimum Gasteiger partial charge on any atom is -0.324 e. The number of aryl methyl sites for hydroxylation is 2. The number of rotatable bonds is 3. The molecule has 1 N–H and O–H groups in total. The van der Waals surface area contributed by atoms with E-state index < -0.39 is 0 Å². The first-order chi connectivity index (χ1) is 9.45. The van der Waals surface area contributed by atoms with E-state index in [0.717, 1.165) is 5.56 Å². The van der Waals surface area contributed by atoms with Gasteiger partial charge in [0.25, 0.3) is 5.56 Å². The first kappa shape index (κ1) is 14.3. The molecule has 0 unspecified atom stereocenters. The molecule has 0 aliphatic heterocycles. The van der Waals surface area contributed by atoms with Gasteiger partial charge in [-0.15, -0.1) is 0 Å². The van der Waals surface area contributed by atoms with Gasteiger partial charge >= 0.3 is 0 Å². The van der Waals surface area contributed by atoms with E-state index in [9.17, 15) is 9.59 Å². The highest BCUT2D eigenvalue weighted by Crippen LogP contribution is 2.19. The molecule has 1 heterocycles. The van der Waals surface area contributed by atoms with Crippen molar-refractivity contribution >= 4 is 23.2 Å². The molecule has 0 saturated heterocycles. The Labute approximate surface area is 121 Å². The number of halogens is 1. The zero-order valence-electron chi connectivity index (χ0n) is 11.2. The number of carbonyl (C=O) groups excluding carboxylic acids is 1. The van der Waals surface area contributed by atoms with Gasteiger partial charge in [-0.05, 0) is 31.5 Å². The number of hydrogen-bond donors (Lipinski definition) is 1. The number of anilines is 1. The van der Waals surface area contributed by atoms with E-state index in [4.69, 9.17) is 11.6 Å². The van der Waals surface area contributed by atoms with E-state index >= 15 is 0 Å². The van der Waals surface area contributed by atoms with Crippen LogP contribution in [-0.2, 0) is 11.3 Å². The molecule has 1 amide bonds. The van der Waals surface area contributed by atoms with Gasteiger partial charge in [0, 0.05) is 22.5 Å². The van der Waals surface area contributed by atoms with Crippen LogP contribution in [-0.4, -0.2) is 15.5 Å². The van der Waals surface area contributed by atoms with Crippen molar-refractivity contribution in [2.24, 2.45) is 0 Å². The number of nitrogens with one attached hydrogen (secondary N) is 1. The Kier molecular flexibility index (Phi) is 4.20. The number of carbonyl (C=O) groups is 1. The molecule has 0 spiro atoms. The van der Waals surface area contributed by atoms with Crippen molar-refractivity contribution in [2.75, 3.05) is 5.32 Å². The lowest BCUT2D eigenvalue weighted by Crippen LogP contribution is -2.27. The smallest absolute Gasteiger partial charge is 0.253 e. The second-order valence-corrected chi connectivity index (χ2v) is 4.92. The van der Waals surface area contributed by atoms with Gasteiger partial charge in [-0.3, -0.25) is 14.2 Å². The Morgan fingerprint density at radius 3 is 2.75 bits per heavy atom. The zero-order valence-corrected chi connectivity index (χ0v) is 11.9. The van der Waals surface area contributed by atoms with Gasteiger partial charge in [-0.2, -0.15) is 0 Å². The molecule has 2 aromatic rings. The minimum absolute atomic E-state index is 0.0857. The Morgan fingerprint density at radius 1 is 1.35 bits per heavy atom. The van der Waals surface area contributed by atoms with Crippen LogP contribution < -0.4 is 10.9 Å². The van der Waals surface area contributed by atoms with Gasteiger partial charge in [0.05, 0.1) is 6.33 Å². The molecule has 6 heteroatoms. The van der Waals surface area contributed by atoms with Gasteiger partial charge in [0.15, 0.2) is 0 Å². The highest BCUT2D eigenvalue weighted by atomic mass is 35.5. The summed E-state index contributed by atoms with van der Waals surface area (Å²) in [5, 5.41) is 3.27. The highest BCUT2D eigenvalue weighted by Gasteiger charge is 2.06. The summed E-state index contributed by atoms with van der Waals surface area (Å²) >= 11 is 5.98. The summed E-state index contributed by atoms with van der Waals surface area (Å²) in [7, 11) is 0. The molecule has 0 aliphatic carbocycles. The SMILES string of the molecule is Cc1cc(=O)n(CC(=O)Nc2ccc(C)c(Cl)c2)cn1. The van der Waals surface area contributed by atoms with Gasteiger partial charge < -0.3 is 5.32 Å². The monoisotopic (exact) mass is 291 g/mol. The van der Waals surface area contributed by atoms with E-state index in [2.05, 4.69) is 10.3 Å². The van der Waals surface area contributed by atoms with Gasteiger partial charge in [0.1, 0.15) is 6.54 Å².